The maximum atomic E-state index is 9.92. The third-order valence-corrected chi connectivity index (χ3v) is 4.27. The first-order valence-electron chi connectivity index (χ1n) is 7.29. The predicted molar refractivity (Wildman–Crippen MR) is 70.4 cm³/mol. The third kappa shape index (κ3) is 2.45. The first-order valence-corrected chi connectivity index (χ1v) is 7.29. The van der Waals surface area contributed by atoms with E-state index in [2.05, 4.69) is 14.5 Å². The molecule has 4 nitrogen and oxygen atoms in total. The molecule has 1 unspecified atom stereocenters. The zero-order valence-corrected chi connectivity index (χ0v) is 11.0. The highest BCUT2D eigenvalue weighted by Crippen LogP contribution is 2.25. The van der Waals surface area contributed by atoms with Crippen molar-refractivity contribution in [2.45, 2.75) is 51.2 Å². The van der Waals surface area contributed by atoms with Gasteiger partial charge >= 0.3 is 0 Å². The van der Waals surface area contributed by atoms with Crippen molar-refractivity contribution in [1.29, 1.82) is 0 Å². The fourth-order valence-electron chi connectivity index (χ4n) is 3.18. The topological polar surface area (TPSA) is 41.3 Å². The van der Waals surface area contributed by atoms with E-state index in [1.807, 2.05) is 6.20 Å². The standard InChI is InChI=1S/C14H23N3O/c18-13-5-4-9-17-12(13)11-15-14(17)6-10-16-7-2-1-3-8-16/h11,13,18H,1-10H2. The Kier molecular flexibility index (Phi) is 3.66. The van der Waals surface area contributed by atoms with E-state index in [1.54, 1.807) is 0 Å². The van der Waals surface area contributed by atoms with E-state index < -0.39 is 0 Å². The van der Waals surface area contributed by atoms with Gasteiger partial charge in [0.15, 0.2) is 0 Å². The Balaban J connectivity index is 1.62. The first-order chi connectivity index (χ1) is 8.84. The van der Waals surface area contributed by atoms with E-state index in [1.165, 1.54) is 32.4 Å². The van der Waals surface area contributed by atoms with Gasteiger partial charge in [0.1, 0.15) is 5.82 Å². The Labute approximate surface area is 109 Å². The van der Waals surface area contributed by atoms with E-state index in [-0.39, 0.29) is 6.10 Å². The Morgan fingerprint density at radius 1 is 1.17 bits per heavy atom. The molecule has 0 radical (unpaired) electrons. The van der Waals surface area contributed by atoms with Gasteiger partial charge in [-0.05, 0) is 38.8 Å². The van der Waals surface area contributed by atoms with E-state index in [0.717, 1.165) is 43.9 Å². The number of imidazole rings is 1. The van der Waals surface area contributed by atoms with E-state index in [4.69, 9.17) is 0 Å². The molecule has 2 aliphatic heterocycles. The molecule has 0 aliphatic carbocycles. The summed E-state index contributed by atoms with van der Waals surface area (Å²) in [5, 5.41) is 9.92. The van der Waals surface area contributed by atoms with Crippen LogP contribution in [0.15, 0.2) is 6.20 Å². The maximum Gasteiger partial charge on any atom is 0.110 e. The summed E-state index contributed by atoms with van der Waals surface area (Å²) in [6, 6.07) is 0. The molecule has 0 amide bonds. The number of hydrogen-bond donors (Lipinski definition) is 1. The van der Waals surface area contributed by atoms with Crippen molar-refractivity contribution >= 4 is 0 Å². The molecule has 0 aromatic carbocycles. The minimum Gasteiger partial charge on any atom is -0.387 e. The summed E-state index contributed by atoms with van der Waals surface area (Å²) in [6.07, 6.45) is 8.63. The van der Waals surface area contributed by atoms with Crippen LogP contribution in [0.4, 0.5) is 0 Å². The normalized spacial score (nSPS) is 25.1. The molecule has 100 valence electrons. The van der Waals surface area contributed by atoms with Crippen molar-refractivity contribution in [2.75, 3.05) is 19.6 Å². The second-order valence-corrected chi connectivity index (χ2v) is 5.56. The van der Waals surface area contributed by atoms with Crippen LogP contribution < -0.4 is 0 Å². The van der Waals surface area contributed by atoms with Gasteiger partial charge < -0.3 is 14.6 Å². The summed E-state index contributed by atoms with van der Waals surface area (Å²) < 4.78 is 2.23. The summed E-state index contributed by atoms with van der Waals surface area (Å²) in [4.78, 5) is 7.05. The van der Waals surface area contributed by atoms with Crippen molar-refractivity contribution < 1.29 is 5.11 Å². The van der Waals surface area contributed by atoms with Gasteiger partial charge in [-0.1, -0.05) is 6.42 Å². The molecule has 0 saturated carbocycles. The minimum absolute atomic E-state index is 0.296. The van der Waals surface area contributed by atoms with Crippen molar-refractivity contribution in [3.8, 4) is 0 Å². The number of aromatic nitrogens is 2. The van der Waals surface area contributed by atoms with Crippen LogP contribution in [0.2, 0.25) is 0 Å². The molecule has 18 heavy (non-hydrogen) atoms. The molecular formula is C14H23N3O. The van der Waals surface area contributed by atoms with Gasteiger partial charge in [-0.2, -0.15) is 0 Å². The number of nitrogens with zero attached hydrogens (tertiary/aromatic N) is 3. The molecule has 3 rings (SSSR count). The lowest BCUT2D eigenvalue weighted by atomic mass is 10.1. The van der Waals surface area contributed by atoms with Crippen LogP contribution in [-0.4, -0.2) is 39.2 Å². The van der Waals surface area contributed by atoms with Gasteiger partial charge in [-0.25, -0.2) is 4.98 Å². The number of piperidine rings is 1. The smallest absolute Gasteiger partial charge is 0.110 e. The Morgan fingerprint density at radius 3 is 2.83 bits per heavy atom. The Morgan fingerprint density at radius 2 is 2.00 bits per heavy atom. The molecule has 1 aromatic rings. The summed E-state index contributed by atoms with van der Waals surface area (Å²) in [5.74, 6) is 1.16. The van der Waals surface area contributed by atoms with Gasteiger partial charge in [-0.3, -0.25) is 0 Å². The van der Waals surface area contributed by atoms with Gasteiger partial charge in [0.2, 0.25) is 0 Å². The molecule has 2 aliphatic rings. The molecule has 0 bridgehead atoms. The summed E-state index contributed by atoms with van der Waals surface area (Å²) in [5.41, 5.74) is 1.02. The molecule has 3 heterocycles. The van der Waals surface area contributed by atoms with Crippen LogP contribution in [0, 0.1) is 0 Å². The molecule has 4 heteroatoms. The highest BCUT2D eigenvalue weighted by Gasteiger charge is 2.21. The van der Waals surface area contributed by atoms with E-state index in [0.29, 0.717) is 0 Å². The SMILES string of the molecule is OC1CCCn2c1cnc2CCN1CCCCC1. The zero-order valence-electron chi connectivity index (χ0n) is 11.0. The molecule has 0 spiro atoms. The van der Waals surface area contributed by atoms with Crippen molar-refractivity contribution in [3.05, 3.63) is 17.7 Å². The van der Waals surface area contributed by atoms with Crippen molar-refractivity contribution in [1.82, 2.24) is 14.5 Å². The lowest BCUT2D eigenvalue weighted by molar-refractivity contribution is 0.138. The Bertz CT molecular complexity index is 396. The predicted octanol–water partition coefficient (Wildman–Crippen LogP) is 1.74. The molecule has 1 saturated heterocycles. The average Bonchev–Trinajstić information content (AvgIpc) is 2.82. The van der Waals surface area contributed by atoms with E-state index in [9.17, 15) is 5.11 Å². The van der Waals surface area contributed by atoms with Crippen LogP contribution in [0.25, 0.3) is 0 Å². The fraction of sp³-hybridized carbons (Fsp3) is 0.786. The number of rotatable bonds is 3. The number of fused-ring (bicyclic) bond motifs is 1. The maximum absolute atomic E-state index is 9.92. The van der Waals surface area contributed by atoms with Crippen molar-refractivity contribution in [3.63, 3.8) is 0 Å². The second kappa shape index (κ2) is 5.41. The minimum atomic E-state index is -0.296. The van der Waals surface area contributed by atoms with E-state index >= 15 is 0 Å². The van der Waals surface area contributed by atoms with Crippen LogP contribution in [0.1, 0.15) is 49.7 Å². The average molecular weight is 249 g/mol. The quantitative estimate of drug-likeness (QED) is 0.887. The molecule has 1 aromatic heterocycles. The van der Waals surface area contributed by atoms with Crippen LogP contribution >= 0.6 is 0 Å². The highest BCUT2D eigenvalue weighted by atomic mass is 16.3. The molecular weight excluding hydrogens is 226 g/mol. The summed E-state index contributed by atoms with van der Waals surface area (Å²) in [6.45, 7) is 4.64. The Hall–Kier alpha value is -0.870. The summed E-state index contributed by atoms with van der Waals surface area (Å²) in [7, 11) is 0. The van der Waals surface area contributed by atoms with Gasteiger partial charge in [0.25, 0.3) is 0 Å². The highest BCUT2D eigenvalue weighted by molar-refractivity contribution is 5.11. The number of aliphatic hydroxyl groups excluding tert-OH is 1. The second-order valence-electron chi connectivity index (χ2n) is 5.56. The first kappa shape index (κ1) is 12.2. The van der Waals surface area contributed by atoms with Crippen LogP contribution in [0.5, 0.6) is 0 Å². The van der Waals surface area contributed by atoms with Gasteiger partial charge in [0.05, 0.1) is 18.0 Å². The fourth-order valence-corrected chi connectivity index (χ4v) is 3.18. The zero-order chi connectivity index (χ0) is 12.4. The number of aliphatic hydroxyl groups is 1. The monoisotopic (exact) mass is 249 g/mol. The lowest BCUT2D eigenvalue weighted by Gasteiger charge is -2.27. The number of likely N-dealkylation sites (tertiary alicyclic amines) is 1. The molecule has 1 atom stereocenters. The molecule has 1 fully saturated rings. The van der Waals surface area contributed by atoms with Crippen LogP contribution in [0.3, 0.4) is 0 Å². The van der Waals surface area contributed by atoms with Gasteiger partial charge in [-0.15, -0.1) is 0 Å². The van der Waals surface area contributed by atoms with Crippen LogP contribution in [-0.2, 0) is 13.0 Å². The summed E-state index contributed by atoms with van der Waals surface area (Å²) >= 11 is 0. The molecule has 1 N–H and O–H groups in total. The lowest BCUT2D eigenvalue weighted by Crippen LogP contribution is -2.32. The van der Waals surface area contributed by atoms with Crippen molar-refractivity contribution in [2.24, 2.45) is 0 Å². The number of hydrogen-bond acceptors (Lipinski definition) is 3. The largest absolute Gasteiger partial charge is 0.387 e. The van der Waals surface area contributed by atoms with Gasteiger partial charge in [0, 0.05) is 19.5 Å². The third-order valence-electron chi connectivity index (χ3n) is 4.27.